The van der Waals surface area contributed by atoms with Crippen LogP contribution in [0.1, 0.15) is 27.4 Å². The molecule has 3 N–H and O–H groups in total. The number of nitrogens with one attached hydrogen (secondary N) is 1. The molecule has 2 aromatic heterocycles. The SMILES string of the molecule is CN1C(N)=NC2(c3sc(C(=O)Nc4cccc(F)n4)cc3Cl)CCCOC2S1(=O)=O. The van der Waals surface area contributed by atoms with Gasteiger partial charge in [0.1, 0.15) is 11.4 Å². The van der Waals surface area contributed by atoms with Crippen LogP contribution in [0.15, 0.2) is 29.3 Å². The Morgan fingerprint density at radius 2 is 2.27 bits per heavy atom. The molecule has 2 aliphatic heterocycles. The summed E-state index contributed by atoms with van der Waals surface area (Å²) in [5, 5.41) is 2.66. The number of hydrogen-bond donors (Lipinski definition) is 2. The minimum atomic E-state index is -3.95. The zero-order chi connectivity index (χ0) is 21.7. The molecule has 9 nitrogen and oxygen atoms in total. The maximum atomic E-state index is 13.3. The fraction of sp³-hybridized carbons (Fsp3) is 0.353. The second-order valence-corrected chi connectivity index (χ2v) is 10.3. The summed E-state index contributed by atoms with van der Waals surface area (Å²) in [6.07, 6.45) is 0.869. The second kappa shape index (κ2) is 7.45. The van der Waals surface area contributed by atoms with Gasteiger partial charge in [0.2, 0.25) is 17.3 Å². The predicted octanol–water partition coefficient (Wildman–Crippen LogP) is 2.11. The van der Waals surface area contributed by atoms with Gasteiger partial charge in [-0.2, -0.15) is 4.39 Å². The van der Waals surface area contributed by atoms with E-state index in [-0.39, 0.29) is 28.3 Å². The van der Waals surface area contributed by atoms with Crippen LogP contribution in [-0.4, -0.2) is 48.7 Å². The third kappa shape index (κ3) is 3.33. The summed E-state index contributed by atoms with van der Waals surface area (Å²) >= 11 is 7.41. The summed E-state index contributed by atoms with van der Waals surface area (Å²) in [5.41, 5.74) is 3.23. The molecular weight excluding hydrogens is 457 g/mol. The highest BCUT2D eigenvalue weighted by atomic mass is 35.5. The molecule has 2 unspecified atom stereocenters. The zero-order valence-electron chi connectivity index (χ0n) is 15.6. The molecule has 30 heavy (non-hydrogen) atoms. The Morgan fingerprint density at radius 1 is 1.50 bits per heavy atom. The van der Waals surface area contributed by atoms with Crippen LogP contribution in [0.25, 0.3) is 0 Å². The van der Waals surface area contributed by atoms with Crippen molar-refractivity contribution in [3.8, 4) is 0 Å². The standard InChI is InChI=1S/C17H17ClFN5O4S2/c1-24-16(20)23-17(6-3-7-28-15(17)30(24,26)27)13-9(18)8-10(29-13)14(25)22-12-5-2-4-11(19)21-12/h2,4-5,8,15H,3,6-7H2,1H3,(H2,20,23)(H,21,22,25). The smallest absolute Gasteiger partial charge is 0.267 e. The van der Waals surface area contributed by atoms with Crippen molar-refractivity contribution >= 4 is 50.6 Å². The van der Waals surface area contributed by atoms with E-state index < -0.39 is 32.9 Å². The van der Waals surface area contributed by atoms with Crippen LogP contribution in [0, 0.1) is 5.95 Å². The van der Waals surface area contributed by atoms with Crippen LogP contribution in [0.4, 0.5) is 10.2 Å². The third-order valence-corrected chi connectivity index (χ3v) is 8.64. The number of halogens is 2. The highest BCUT2D eigenvalue weighted by molar-refractivity contribution is 7.90. The highest BCUT2D eigenvalue weighted by Crippen LogP contribution is 2.49. The molecule has 0 bridgehead atoms. The van der Waals surface area contributed by atoms with Crippen molar-refractivity contribution in [1.82, 2.24) is 9.29 Å². The van der Waals surface area contributed by atoms with E-state index in [1.807, 2.05) is 0 Å². The van der Waals surface area contributed by atoms with Crippen molar-refractivity contribution in [1.29, 1.82) is 0 Å². The van der Waals surface area contributed by atoms with Crippen molar-refractivity contribution in [2.24, 2.45) is 10.7 Å². The van der Waals surface area contributed by atoms with Crippen LogP contribution < -0.4 is 11.1 Å². The van der Waals surface area contributed by atoms with Crippen LogP contribution in [0.5, 0.6) is 0 Å². The first-order valence-corrected chi connectivity index (χ1v) is 11.5. The van der Waals surface area contributed by atoms with Crippen molar-refractivity contribution in [3.05, 3.63) is 45.0 Å². The van der Waals surface area contributed by atoms with Crippen LogP contribution in [0.3, 0.4) is 0 Å². The quantitative estimate of drug-likeness (QED) is 0.657. The van der Waals surface area contributed by atoms with Gasteiger partial charge in [0.25, 0.3) is 15.9 Å². The summed E-state index contributed by atoms with van der Waals surface area (Å²) < 4.78 is 45.6. The minimum absolute atomic E-state index is 0.0345. The molecule has 160 valence electrons. The molecule has 0 spiro atoms. The van der Waals surface area contributed by atoms with Gasteiger partial charge in [0, 0.05) is 13.7 Å². The van der Waals surface area contributed by atoms with E-state index in [4.69, 9.17) is 22.1 Å². The minimum Gasteiger partial charge on any atom is -0.369 e. The number of pyridine rings is 1. The molecular formula is C17H17ClFN5O4S2. The average Bonchev–Trinajstić information content (AvgIpc) is 3.09. The summed E-state index contributed by atoms with van der Waals surface area (Å²) in [6, 6.07) is 5.41. The number of aromatic nitrogens is 1. The van der Waals surface area contributed by atoms with E-state index in [0.29, 0.717) is 17.7 Å². The number of aliphatic imine (C=N–C) groups is 1. The van der Waals surface area contributed by atoms with Gasteiger partial charge in [-0.15, -0.1) is 11.3 Å². The Kier molecular flexibility index (Phi) is 5.21. The molecule has 4 rings (SSSR count). The number of carbonyl (C=O) groups is 1. The van der Waals surface area contributed by atoms with Gasteiger partial charge < -0.3 is 15.8 Å². The van der Waals surface area contributed by atoms with E-state index in [9.17, 15) is 17.6 Å². The summed E-state index contributed by atoms with van der Waals surface area (Å²) in [7, 11) is -2.65. The topological polar surface area (TPSA) is 127 Å². The van der Waals surface area contributed by atoms with Crippen LogP contribution >= 0.6 is 22.9 Å². The first kappa shape index (κ1) is 21.0. The van der Waals surface area contributed by atoms with E-state index in [1.165, 1.54) is 25.2 Å². The van der Waals surface area contributed by atoms with Gasteiger partial charge >= 0.3 is 0 Å². The maximum absolute atomic E-state index is 13.3. The number of amides is 1. The Labute approximate surface area is 180 Å². The van der Waals surface area contributed by atoms with Gasteiger partial charge in [-0.25, -0.2) is 22.7 Å². The molecule has 0 saturated carbocycles. The van der Waals surface area contributed by atoms with Gasteiger partial charge in [0.05, 0.1) is 14.8 Å². The molecule has 1 saturated heterocycles. The number of sulfonamides is 1. The number of carbonyl (C=O) groups excluding carboxylic acids is 1. The molecule has 2 aliphatic rings. The second-order valence-electron chi connectivity index (χ2n) is 6.80. The molecule has 0 radical (unpaired) electrons. The molecule has 1 amide bonds. The molecule has 13 heteroatoms. The van der Waals surface area contributed by atoms with Crippen molar-refractivity contribution in [2.75, 3.05) is 19.0 Å². The Morgan fingerprint density at radius 3 is 3.00 bits per heavy atom. The molecule has 0 aromatic carbocycles. The first-order valence-electron chi connectivity index (χ1n) is 8.83. The highest BCUT2D eigenvalue weighted by Gasteiger charge is 2.57. The monoisotopic (exact) mass is 473 g/mol. The average molecular weight is 474 g/mol. The number of guanidine groups is 1. The zero-order valence-corrected chi connectivity index (χ0v) is 18.0. The molecule has 0 aliphatic carbocycles. The number of rotatable bonds is 3. The predicted molar refractivity (Wildman–Crippen MR) is 110 cm³/mol. The lowest BCUT2D eigenvalue weighted by Crippen LogP contribution is -2.59. The van der Waals surface area contributed by atoms with Gasteiger partial charge in [-0.05, 0) is 31.0 Å². The third-order valence-electron chi connectivity index (χ3n) is 4.91. The fourth-order valence-corrected chi connectivity index (χ4v) is 6.77. The number of fused-ring (bicyclic) bond motifs is 1. The van der Waals surface area contributed by atoms with E-state index >= 15 is 0 Å². The van der Waals surface area contributed by atoms with E-state index in [2.05, 4.69) is 15.3 Å². The Balaban J connectivity index is 1.75. The lowest BCUT2D eigenvalue weighted by molar-refractivity contribution is 0.00334. The number of nitrogens with two attached hydrogens (primary N) is 1. The number of anilines is 1. The van der Waals surface area contributed by atoms with E-state index in [0.717, 1.165) is 21.7 Å². The number of thiophene rings is 1. The van der Waals surface area contributed by atoms with E-state index in [1.54, 1.807) is 0 Å². The van der Waals surface area contributed by atoms with Gasteiger partial charge in [0.15, 0.2) is 0 Å². The summed E-state index contributed by atoms with van der Waals surface area (Å²) in [5.74, 6) is -1.45. The van der Waals surface area contributed by atoms with Gasteiger partial charge in [-0.3, -0.25) is 4.79 Å². The van der Waals surface area contributed by atoms with Crippen molar-refractivity contribution in [2.45, 2.75) is 23.8 Å². The first-order chi connectivity index (χ1) is 14.1. The number of hydrogen-bond acceptors (Lipinski definition) is 8. The van der Waals surface area contributed by atoms with Crippen LogP contribution in [0.2, 0.25) is 5.02 Å². The largest absolute Gasteiger partial charge is 0.369 e. The fourth-order valence-electron chi connectivity index (χ4n) is 3.48. The normalized spacial score (nSPS) is 25.4. The van der Waals surface area contributed by atoms with Gasteiger partial charge in [-0.1, -0.05) is 17.7 Å². The molecule has 2 atom stereocenters. The number of ether oxygens (including phenoxy) is 1. The maximum Gasteiger partial charge on any atom is 0.267 e. The van der Waals surface area contributed by atoms with Crippen molar-refractivity contribution in [3.63, 3.8) is 0 Å². The lowest BCUT2D eigenvalue weighted by atomic mass is 9.91. The molecule has 1 fully saturated rings. The van der Waals surface area contributed by atoms with Crippen LogP contribution in [-0.2, 0) is 20.3 Å². The summed E-state index contributed by atoms with van der Waals surface area (Å²) in [4.78, 5) is 21.2. The van der Waals surface area contributed by atoms with Crippen molar-refractivity contribution < 1.29 is 22.3 Å². The summed E-state index contributed by atoms with van der Waals surface area (Å²) in [6.45, 7) is 0.247. The number of nitrogens with zero attached hydrogens (tertiary/aromatic N) is 3. The Bertz CT molecular complexity index is 1150. The lowest BCUT2D eigenvalue weighted by Gasteiger charge is -2.44. The Hall–Kier alpha value is -2.28. The molecule has 2 aromatic rings. The molecule has 4 heterocycles.